The normalized spacial score (nSPS) is 16.9. The van der Waals surface area contributed by atoms with Crippen LogP contribution in [0.2, 0.25) is 0 Å². The Balaban J connectivity index is 1.95. The second-order valence-corrected chi connectivity index (χ2v) is 10.4. The molecule has 0 unspecified atom stereocenters. The largest absolute Gasteiger partial charge is 0.477 e. The minimum Gasteiger partial charge on any atom is -0.477 e. The summed E-state index contributed by atoms with van der Waals surface area (Å²) in [7, 11) is -0.469. The molecule has 2 nitrogen and oxygen atoms in total. The molecule has 1 saturated carbocycles. The number of nitrogens with zero attached hydrogens (tertiary/aromatic N) is 1. The van der Waals surface area contributed by atoms with Crippen LogP contribution in [0.1, 0.15) is 29.9 Å². The summed E-state index contributed by atoms with van der Waals surface area (Å²) in [6.07, 6.45) is 11.6. The Bertz CT molecular complexity index is 394. The molecule has 0 aromatic carbocycles. The van der Waals surface area contributed by atoms with Crippen LogP contribution in [0, 0.1) is 6.92 Å². The van der Waals surface area contributed by atoms with Crippen LogP contribution in [0.15, 0.2) is 12.3 Å². The van der Waals surface area contributed by atoms with Crippen molar-refractivity contribution in [3.8, 4) is 5.88 Å². The van der Waals surface area contributed by atoms with Crippen LogP contribution in [0.4, 0.5) is 0 Å². The van der Waals surface area contributed by atoms with Gasteiger partial charge in [0, 0.05) is 18.0 Å². The Morgan fingerprint density at radius 2 is 2.06 bits per heavy atom. The Hall–Kier alpha value is -0.700. The summed E-state index contributed by atoms with van der Waals surface area (Å²) in [5, 5.41) is 0. The van der Waals surface area contributed by atoms with Gasteiger partial charge in [-0.2, -0.15) is 0 Å². The van der Waals surface area contributed by atoms with Gasteiger partial charge in [-0.3, -0.25) is 0 Å². The Morgan fingerprint density at radius 3 is 2.65 bits per heavy atom. The van der Waals surface area contributed by atoms with Crippen molar-refractivity contribution < 1.29 is 4.74 Å². The first-order chi connectivity index (χ1) is 7.96. The molecule has 0 spiro atoms. The first-order valence-electron chi connectivity index (χ1n) is 6.21. The van der Waals surface area contributed by atoms with Crippen molar-refractivity contribution in [3.63, 3.8) is 0 Å². The van der Waals surface area contributed by atoms with E-state index in [-0.39, 0.29) is 0 Å². The van der Waals surface area contributed by atoms with E-state index in [1.54, 1.807) is 0 Å². The van der Waals surface area contributed by atoms with Gasteiger partial charge in [-0.15, -0.1) is 0 Å². The second kappa shape index (κ2) is 4.89. The monoisotopic (exact) mass is 253 g/mol. The molecule has 0 aliphatic heterocycles. The van der Waals surface area contributed by atoms with Gasteiger partial charge < -0.3 is 4.74 Å². The maximum Gasteiger partial charge on any atom is 0.213 e. The first kappa shape index (κ1) is 12.7. The molecular weight excluding hydrogens is 230 g/mol. The smallest absolute Gasteiger partial charge is 0.213 e. The summed E-state index contributed by atoms with van der Waals surface area (Å²) in [5.74, 6) is 2.72. The first-order valence-corrected chi connectivity index (χ1v) is 9.24. The zero-order chi connectivity index (χ0) is 12.5. The molecule has 1 aromatic heterocycles. The number of rotatable bonds is 5. The van der Waals surface area contributed by atoms with Gasteiger partial charge in [0.05, 0.1) is 6.61 Å². The standard InChI is InChI=1S/C14H23NOS/c1-11-10-15-14(9-13(11)12-5-6-12)16-7-8-17(2,3)4/h9-10,12H,5-8H2,1-4H3. The van der Waals surface area contributed by atoms with Gasteiger partial charge in [-0.05, 0) is 55.6 Å². The van der Waals surface area contributed by atoms with Crippen LogP contribution in [-0.4, -0.2) is 36.1 Å². The highest BCUT2D eigenvalue weighted by Gasteiger charge is 2.25. The zero-order valence-electron chi connectivity index (χ0n) is 11.3. The highest BCUT2D eigenvalue weighted by Crippen LogP contribution is 2.42. The third-order valence-corrected chi connectivity index (χ3v) is 4.47. The zero-order valence-corrected chi connectivity index (χ0v) is 12.1. The molecule has 0 N–H and O–H groups in total. The molecule has 0 atom stereocenters. The summed E-state index contributed by atoms with van der Waals surface area (Å²) < 4.78 is 5.77. The van der Waals surface area contributed by atoms with E-state index in [1.807, 2.05) is 6.20 Å². The SMILES string of the molecule is Cc1cnc(OCCS(C)(C)C)cc1C1CC1. The molecule has 1 heterocycles. The van der Waals surface area contributed by atoms with Crippen molar-refractivity contribution in [2.45, 2.75) is 25.7 Å². The van der Waals surface area contributed by atoms with Crippen LogP contribution in [-0.2, 0) is 0 Å². The van der Waals surface area contributed by atoms with Crippen LogP contribution in [0.3, 0.4) is 0 Å². The van der Waals surface area contributed by atoms with Gasteiger partial charge in [0.25, 0.3) is 0 Å². The lowest BCUT2D eigenvalue weighted by atomic mass is 10.1. The van der Waals surface area contributed by atoms with Gasteiger partial charge in [-0.25, -0.2) is 15.0 Å². The van der Waals surface area contributed by atoms with Crippen LogP contribution < -0.4 is 4.74 Å². The van der Waals surface area contributed by atoms with Gasteiger partial charge in [-0.1, -0.05) is 0 Å². The van der Waals surface area contributed by atoms with Crippen molar-refractivity contribution in [3.05, 3.63) is 23.4 Å². The quantitative estimate of drug-likeness (QED) is 0.803. The minimum atomic E-state index is -0.469. The second-order valence-electron chi connectivity index (χ2n) is 5.80. The van der Waals surface area contributed by atoms with Gasteiger partial charge in [0.2, 0.25) is 5.88 Å². The molecular formula is C14H23NOS. The molecule has 17 heavy (non-hydrogen) atoms. The van der Waals surface area contributed by atoms with Crippen molar-refractivity contribution >= 4 is 10.0 Å². The predicted molar refractivity (Wildman–Crippen MR) is 76.7 cm³/mol. The van der Waals surface area contributed by atoms with E-state index in [2.05, 4.69) is 36.7 Å². The minimum absolute atomic E-state index is 0.469. The maximum absolute atomic E-state index is 5.77. The molecule has 0 amide bonds. The number of aryl methyl sites for hydroxylation is 1. The van der Waals surface area contributed by atoms with Gasteiger partial charge in [0.1, 0.15) is 0 Å². The molecule has 0 radical (unpaired) electrons. The Morgan fingerprint density at radius 1 is 1.35 bits per heavy atom. The topological polar surface area (TPSA) is 22.1 Å². The molecule has 0 bridgehead atoms. The van der Waals surface area contributed by atoms with Crippen molar-refractivity contribution in [2.75, 3.05) is 31.1 Å². The molecule has 0 saturated heterocycles. The fourth-order valence-corrected chi connectivity index (χ4v) is 2.41. The molecule has 1 aromatic rings. The lowest BCUT2D eigenvalue weighted by molar-refractivity contribution is 0.329. The number of ether oxygens (including phenoxy) is 1. The van der Waals surface area contributed by atoms with Crippen LogP contribution >= 0.6 is 10.0 Å². The van der Waals surface area contributed by atoms with Gasteiger partial charge in [0.15, 0.2) is 0 Å². The fraction of sp³-hybridized carbons (Fsp3) is 0.643. The number of hydrogen-bond donors (Lipinski definition) is 0. The third kappa shape index (κ3) is 3.91. The summed E-state index contributed by atoms with van der Waals surface area (Å²) in [6.45, 7) is 2.93. The number of hydrogen-bond acceptors (Lipinski definition) is 2. The van der Waals surface area contributed by atoms with Crippen LogP contribution in [0.25, 0.3) is 0 Å². The summed E-state index contributed by atoms with van der Waals surface area (Å²) in [6, 6.07) is 2.14. The highest BCUT2D eigenvalue weighted by atomic mass is 32.3. The predicted octanol–water partition coefficient (Wildman–Crippen LogP) is 3.34. The third-order valence-electron chi connectivity index (χ3n) is 3.08. The van der Waals surface area contributed by atoms with E-state index in [0.29, 0.717) is 0 Å². The lowest BCUT2D eigenvalue weighted by Crippen LogP contribution is -2.09. The highest BCUT2D eigenvalue weighted by molar-refractivity contribution is 8.32. The molecule has 1 aliphatic rings. The molecule has 1 aliphatic carbocycles. The van der Waals surface area contributed by atoms with E-state index in [9.17, 15) is 0 Å². The van der Waals surface area contributed by atoms with E-state index >= 15 is 0 Å². The summed E-state index contributed by atoms with van der Waals surface area (Å²) in [5.41, 5.74) is 2.75. The van der Waals surface area contributed by atoms with Gasteiger partial charge >= 0.3 is 0 Å². The Kier molecular flexibility index (Phi) is 3.67. The average molecular weight is 253 g/mol. The van der Waals surface area contributed by atoms with E-state index in [0.717, 1.165) is 24.2 Å². The fourth-order valence-electron chi connectivity index (χ4n) is 1.83. The summed E-state index contributed by atoms with van der Waals surface area (Å²) >= 11 is 0. The van der Waals surface area contributed by atoms with Crippen molar-refractivity contribution in [1.82, 2.24) is 4.98 Å². The van der Waals surface area contributed by atoms with E-state index in [4.69, 9.17) is 4.74 Å². The van der Waals surface area contributed by atoms with Crippen molar-refractivity contribution in [2.24, 2.45) is 0 Å². The van der Waals surface area contributed by atoms with E-state index in [1.165, 1.54) is 24.0 Å². The molecule has 3 heteroatoms. The number of aromatic nitrogens is 1. The summed E-state index contributed by atoms with van der Waals surface area (Å²) in [4.78, 5) is 4.36. The molecule has 96 valence electrons. The maximum atomic E-state index is 5.77. The average Bonchev–Trinajstić information content (AvgIpc) is 3.02. The van der Waals surface area contributed by atoms with E-state index < -0.39 is 10.0 Å². The Labute approximate surface area is 106 Å². The molecule has 1 fully saturated rings. The van der Waals surface area contributed by atoms with Crippen LogP contribution in [0.5, 0.6) is 5.88 Å². The lowest BCUT2D eigenvalue weighted by Gasteiger charge is -2.24. The molecule has 2 rings (SSSR count). The van der Waals surface area contributed by atoms with Crippen molar-refractivity contribution in [1.29, 1.82) is 0 Å². The number of pyridine rings is 1.